The van der Waals surface area contributed by atoms with Gasteiger partial charge in [-0.3, -0.25) is 4.98 Å². The van der Waals surface area contributed by atoms with Crippen LogP contribution in [-0.4, -0.2) is 4.98 Å². The Kier molecular flexibility index (Phi) is 4.19. The maximum Gasteiger partial charge on any atom is 0.281 e. The molecule has 0 unspecified atom stereocenters. The highest BCUT2D eigenvalue weighted by Crippen LogP contribution is 2.27. The number of hydrogen-bond donors (Lipinski definition) is 0. The third-order valence-corrected chi connectivity index (χ3v) is 3.28. The second-order valence-corrected chi connectivity index (χ2v) is 4.04. The van der Waals surface area contributed by atoms with E-state index in [1.54, 1.807) is 22.6 Å². The van der Waals surface area contributed by atoms with Gasteiger partial charge in [-0.2, -0.15) is 5.26 Å². The van der Waals surface area contributed by atoms with E-state index < -0.39 is 6.43 Å². The average Bonchev–Trinajstić information content (AvgIpc) is 2.16. The highest BCUT2D eigenvalue weighted by molar-refractivity contribution is 14.1. The Labute approximate surface area is 102 Å². The van der Waals surface area contributed by atoms with E-state index in [1.807, 2.05) is 6.07 Å². The van der Waals surface area contributed by atoms with E-state index in [9.17, 15) is 8.78 Å². The van der Waals surface area contributed by atoms with E-state index in [-0.39, 0.29) is 14.8 Å². The molecule has 0 amide bonds. The van der Waals surface area contributed by atoms with Gasteiger partial charge in [0.05, 0.1) is 9.13 Å². The van der Waals surface area contributed by atoms with E-state index in [1.165, 1.54) is 6.20 Å². The van der Waals surface area contributed by atoms with Crippen LogP contribution in [0.25, 0.3) is 0 Å². The fourth-order valence-corrected chi connectivity index (χ4v) is 2.18. The quantitative estimate of drug-likeness (QED) is 0.589. The summed E-state index contributed by atoms with van der Waals surface area (Å²) in [6.07, 6.45) is -1.34. The van der Waals surface area contributed by atoms with Crippen molar-refractivity contribution in [2.24, 2.45) is 0 Å². The van der Waals surface area contributed by atoms with Crippen LogP contribution in [0.2, 0.25) is 0 Å². The molecule has 0 aliphatic heterocycles. The summed E-state index contributed by atoms with van der Waals surface area (Å²) < 4.78 is 25.0. The number of rotatable bonds is 2. The monoisotopic (exact) mass is 372 g/mol. The predicted octanol–water partition coefficient (Wildman–Crippen LogP) is 3.39. The summed E-state index contributed by atoms with van der Waals surface area (Å²) in [5, 5.41) is 9.22. The zero-order valence-corrected chi connectivity index (χ0v) is 10.5. The number of nitriles is 1. The first-order valence-corrected chi connectivity index (χ1v) is 5.73. The van der Waals surface area contributed by atoms with Crippen molar-refractivity contribution < 1.29 is 8.78 Å². The fourth-order valence-electron chi connectivity index (χ4n) is 0.912. The van der Waals surface area contributed by atoms with Crippen LogP contribution in [-0.2, 0) is 5.33 Å². The van der Waals surface area contributed by atoms with Gasteiger partial charge < -0.3 is 0 Å². The van der Waals surface area contributed by atoms with Gasteiger partial charge in [-0.15, -0.1) is 0 Å². The normalized spacial score (nSPS) is 10.3. The molecule has 0 saturated carbocycles. The molecule has 1 heterocycles. The van der Waals surface area contributed by atoms with Crippen LogP contribution in [0.1, 0.15) is 23.2 Å². The smallest absolute Gasteiger partial charge is 0.254 e. The molecule has 0 aliphatic rings. The summed E-state index contributed by atoms with van der Waals surface area (Å²) >= 11 is 4.88. The molecule has 0 saturated heterocycles. The number of halogens is 4. The summed E-state index contributed by atoms with van der Waals surface area (Å²) in [4.78, 5) is 3.62. The van der Waals surface area contributed by atoms with Crippen molar-refractivity contribution in [3.63, 3.8) is 0 Å². The third kappa shape index (κ3) is 2.20. The second-order valence-electron chi connectivity index (χ2n) is 2.40. The maximum absolute atomic E-state index is 12.4. The van der Waals surface area contributed by atoms with Crippen molar-refractivity contribution in [3.05, 3.63) is 26.6 Å². The zero-order valence-electron chi connectivity index (χ0n) is 6.77. The van der Waals surface area contributed by atoms with Gasteiger partial charge in [-0.25, -0.2) is 8.78 Å². The second kappa shape index (κ2) is 4.98. The molecular formula is C8H4BrF2IN2. The Morgan fingerprint density at radius 1 is 1.64 bits per heavy atom. The molecule has 0 radical (unpaired) electrons. The molecule has 0 N–H and O–H groups in total. The maximum atomic E-state index is 12.4. The summed E-state index contributed by atoms with van der Waals surface area (Å²) in [5.74, 6) is 0. The molecule has 74 valence electrons. The van der Waals surface area contributed by atoms with Crippen molar-refractivity contribution in [1.82, 2.24) is 4.98 Å². The molecule has 0 spiro atoms. The minimum atomic E-state index is -2.64. The van der Waals surface area contributed by atoms with Gasteiger partial charge in [-0.05, 0) is 28.2 Å². The number of nitrogens with zero attached hydrogens (tertiary/aromatic N) is 2. The summed E-state index contributed by atoms with van der Waals surface area (Å²) in [6.45, 7) is 0. The number of aromatic nitrogens is 1. The number of alkyl halides is 3. The first kappa shape index (κ1) is 11.8. The van der Waals surface area contributed by atoms with Crippen LogP contribution >= 0.6 is 38.5 Å². The van der Waals surface area contributed by atoms with Gasteiger partial charge >= 0.3 is 0 Å². The van der Waals surface area contributed by atoms with Crippen molar-refractivity contribution in [2.75, 3.05) is 0 Å². The van der Waals surface area contributed by atoms with Crippen molar-refractivity contribution in [1.29, 1.82) is 5.26 Å². The lowest BCUT2D eigenvalue weighted by atomic mass is 10.1. The number of hydrogen-bond acceptors (Lipinski definition) is 2. The Morgan fingerprint density at radius 2 is 2.29 bits per heavy atom. The van der Waals surface area contributed by atoms with E-state index in [0.717, 1.165) is 0 Å². The Bertz CT molecular complexity index is 390. The molecule has 0 aliphatic carbocycles. The van der Waals surface area contributed by atoms with Gasteiger partial charge in [0, 0.05) is 11.5 Å². The first-order valence-electron chi connectivity index (χ1n) is 3.53. The van der Waals surface area contributed by atoms with E-state index in [4.69, 9.17) is 5.26 Å². The average molecular weight is 373 g/mol. The third-order valence-electron chi connectivity index (χ3n) is 1.59. The highest BCUT2D eigenvalue weighted by Gasteiger charge is 2.18. The summed E-state index contributed by atoms with van der Waals surface area (Å²) in [7, 11) is 0. The lowest BCUT2D eigenvalue weighted by molar-refractivity contribution is 0.145. The largest absolute Gasteiger partial charge is 0.281 e. The van der Waals surface area contributed by atoms with Crippen LogP contribution < -0.4 is 0 Å². The molecule has 1 aromatic rings. The SMILES string of the molecule is N#Cc1c(CBr)cnc(C(F)F)c1I. The molecule has 1 rings (SSSR count). The zero-order chi connectivity index (χ0) is 10.7. The Hall–Kier alpha value is -0.290. The molecule has 0 aromatic carbocycles. The van der Waals surface area contributed by atoms with Crippen LogP contribution in [0.4, 0.5) is 8.78 Å². The highest BCUT2D eigenvalue weighted by atomic mass is 127. The van der Waals surface area contributed by atoms with E-state index in [0.29, 0.717) is 10.9 Å². The molecule has 14 heavy (non-hydrogen) atoms. The summed E-state index contributed by atoms with van der Waals surface area (Å²) in [5.41, 5.74) is 0.570. The molecule has 0 bridgehead atoms. The van der Waals surface area contributed by atoms with Gasteiger partial charge in [-0.1, -0.05) is 15.9 Å². The minimum absolute atomic E-state index is 0.233. The van der Waals surface area contributed by atoms with Crippen molar-refractivity contribution >= 4 is 38.5 Å². The summed E-state index contributed by atoms with van der Waals surface area (Å²) in [6, 6.07) is 1.90. The van der Waals surface area contributed by atoms with Gasteiger partial charge in [0.1, 0.15) is 11.8 Å². The standard InChI is InChI=1S/C8H4BrF2IN2/c9-1-4-3-14-7(8(10)11)6(12)5(4)2-13/h3,8H,1H2. The van der Waals surface area contributed by atoms with E-state index >= 15 is 0 Å². The molecule has 0 atom stereocenters. The van der Waals surface area contributed by atoms with Crippen LogP contribution in [0.3, 0.4) is 0 Å². The molecule has 2 nitrogen and oxygen atoms in total. The molecule has 1 aromatic heterocycles. The molecule has 6 heteroatoms. The Morgan fingerprint density at radius 3 is 2.71 bits per heavy atom. The van der Waals surface area contributed by atoms with Crippen LogP contribution in [0, 0.1) is 14.9 Å². The Balaban J connectivity index is 3.37. The molecular weight excluding hydrogens is 369 g/mol. The van der Waals surface area contributed by atoms with Gasteiger partial charge in [0.25, 0.3) is 6.43 Å². The van der Waals surface area contributed by atoms with Gasteiger partial charge in [0.2, 0.25) is 0 Å². The first-order chi connectivity index (χ1) is 6.61. The topological polar surface area (TPSA) is 36.7 Å². The molecule has 0 fully saturated rings. The number of pyridine rings is 1. The van der Waals surface area contributed by atoms with E-state index in [2.05, 4.69) is 20.9 Å². The lowest BCUT2D eigenvalue weighted by Gasteiger charge is -2.06. The fraction of sp³-hybridized carbons (Fsp3) is 0.250. The van der Waals surface area contributed by atoms with Crippen molar-refractivity contribution in [3.8, 4) is 6.07 Å². The van der Waals surface area contributed by atoms with Gasteiger partial charge in [0.15, 0.2) is 0 Å². The lowest BCUT2D eigenvalue weighted by Crippen LogP contribution is -2.01. The van der Waals surface area contributed by atoms with Crippen LogP contribution in [0.15, 0.2) is 6.20 Å². The minimum Gasteiger partial charge on any atom is -0.254 e. The van der Waals surface area contributed by atoms with Crippen molar-refractivity contribution in [2.45, 2.75) is 11.8 Å². The van der Waals surface area contributed by atoms with Crippen LogP contribution in [0.5, 0.6) is 0 Å². The predicted molar refractivity (Wildman–Crippen MR) is 59.3 cm³/mol.